The van der Waals surface area contributed by atoms with Crippen molar-refractivity contribution in [1.29, 1.82) is 0 Å². The lowest BCUT2D eigenvalue weighted by atomic mass is 9.93. The van der Waals surface area contributed by atoms with Crippen LogP contribution in [0.1, 0.15) is 253 Å². The van der Waals surface area contributed by atoms with Crippen molar-refractivity contribution < 1.29 is 93.9 Å². The van der Waals surface area contributed by atoms with Gasteiger partial charge in [-0.1, -0.05) is 220 Å². The molecule has 3 aliphatic rings. The molecule has 0 saturated carbocycles. The maximum Gasteiger partial charge on any atom is 0.249 e. The lowest BCUT2D eigenvalue weighted by molar-refractivity contribution is -0.366. The van der Waals surface area contributed by atoms with E-state index in [0.717, 1.165) is 71.6 Å². The van der Waals surface area contributed by atoms with Gasteiger partial charge in [0, 0.05) is 13.8 Å². The number of amides is 3. The van der Waals surface area contributed by atoms with E-state index >= 15 is 0 Å². The molecule has 3 heterocycles. The molecule has 13 N–H and O–H groups in total. The number of hydrogen-bond acceptors (Lipinski definition) is 19. The number of nitrogens with one attached hydrogen (secondary N) is 3. The fraction of sp³-hybridized carbons (Fsp3) is 0.954. The number of carbonyl (C=O) groups is 3. The fourth-order valence-corrected chi connectivity index (χ4v) is 12.1. The molecule has 3 fully saturated rings. The summed E-state index contributed by atoms with van der Waals surface area (Å²) in [7, 11) is 0. The Morgan fingerprint density at radius 2 is 0.897 bits per heavy atom. The van der Waals surface area contributed by atoms with Gasteiger partial charge in [-0.05, 0) is 25.7 Å². The van der Waals surface area contributed by atoms with Gasteiger partial charge in [0.05, 0.1) is 38.1 Å². The molecule has 0 unspecified atom stereocenters. The van der Waals surface area contributed by atoms with Gasteiger partial charge in [-0.25, -0.2) is 0 Å². The fourth-order valence-electron chi connectivity index (χ4n) is 12.1. The summed E-state index contributed by atoms with van der Waals surface area (Å²) in [6.45, 7) is 8.09. The molecule has 87 heavy (non-hydrogen) atoms. The van der Waals surface area contributed by atoms with E-state index in [1.54, 1.807) is 0 Å². The third kappa shape index (κ3) is 30.4. The van der Waals surface area contributed by atoms with E-state index in [1.807, 2.05) is 0 Å². The van der Waals surface area contributed by atoms with E-state index in [4.69, 9.17) is 28.4 Å². The minimum absolute atomic E-state index is 0.145. The van der Waals surface area contributed by atoms with E-state index < -0.39 is 154 Å². The topological polar surface area (TPSA) is 345 Å². The van der Waals surface area contributed by atoms with Crippen molar-refractivity contribution in [1.82, 2.24) is 16.0 Å². The third-order valence-corrected chi connectivity index (χ3v) is 17.6. The molecule has 3 saturated heterocycles. The minimum atomic E-state index is -1.92. The van der Waals surface area contributed by atoms with Crippen LogP contribution in [0.25, 0.3) is 0 Å². The Hall–Kier alpha value is -2.23. The first-order chi connectivity index (χ1) is 41.7. The Labute approximate surface area is 521 Å². The Balaban J connectivity index is 1.70. The second-order valence-electron chi connectivity index (χ2n) is 25.8. The first-order valence-electron chi connectivity index (χ1n) is 34.2. The van der Waals surface area contributed by atoms with Crippen molar-refractivity contribution >= 4 is 17.7 Å². The van der Waals surface area contributed by atoms with Gasteiger partial charge in [-0.15, -0.1) is 0 Å². The molecule has 0 aliphatic carbocycles. The molecule has 0 aromatic rings. The highest BCUT2D eigenvalue weighted by Crippen LogP contribution is 2.34. The van der Waals surface area contributed by atoms with Crippen LogP contribution < -0.4 is 16.0 Å². The van der Waals surface area contributed by atoms with Gasteiger partial charge in [0.1, 0.15) is 79.2 Å². The van der Waals surface area contributed by atoms with Crippen LogP contribution in [-0.4, -0.2) is 205 Å². The number of rotatable bonds is 49. The van der Waals surface area contributed by atoms with Gasteiger partial charge in [0.2, 0.25) is 17.7 Å². The van der Waals surface area contributed by atoms with E-state index in [2.05, 4.69) is 36.7 Å². The maximum absolute atomic E-state index is 13.8. The van der Waals surface area contributed by atoms with Crippen molar-refractivity contribution in [2.45, 2.75) is 370 Å². The van der Waals surface area contributed by atoms with Crippen LogP contribution in [0.4, 0.5) is 0 Å². The number of ether oxygens (including phenoxy) is 6. The molecule has 0 aromatic carbocycles. The average Bonchev–Trinajstić information content (AvgIpc) is 0.874. The molecule has 22 nitrogen and oxygen atoms in total. The smallest absolute Gasteiger partial charge is 0.249 e. The first kappa shape index (κ1) is 79.0. The predicted octanol–water partition coefficient (Wildman–Crippen LogP) is 5.88. The molecule has 22 heteroatoms. The monoisotopic (exact) mass is 1250 g/mol. The van der Waals surface area contributed by atoms with Crippen LogP contribution in [0.15, 0.2) is 0 Å². The minimum Gasteiger partial charge on any atom is -0.394 e. The van der Waals surface area contributed by atoms with Crippen molar-refractivity contribution in [2.75, 3.05) is 19.8 Å². The van der Waals surface area contributed by atoms with E-state index in [9.17, 15) is 65.4 Å². The quantitative estimate of drug-likeness (QED) is 0.0316. The molecule has 512 valence electrons. The Kier molecular flexibility index (Phi) is 41.7. The molecule has 0 radical (unpaired) electrons. The molecule has 19 atom stereocenters. The van der Waals surface area contributed by atoms with Crippen molar-refractivity contribution in [2.24, 2.45) is 5.92 Å². The molecular weight excluding hydrogens is 1130 g/mol. The first-order valence-corrected chi connectivity index (χ1v) is 34.2. The van der Waals surface area contributed by atoms with Crippen LogP contribution in [0.2, 0.25) is 0 Å². The average molecular weight is 1250 g/mol. The van der Waals surface area contributed by atoms with E-state index in [-0.39, 0.29) is 12.8 Å². The standard InChI is InChI=1S/C65H123N3O19/c1-7-8-9-10-11-12-13-14-15-16-17-18-19-20-21-22-23-24-25-30-33-36-39-49(74)62(81)68-47(55(76)48(73)38-35-32-29-27-26-28-31-34-37-43(2)3)42-82-63-53(67-46(6)72)61(87-65-59(80)58(79)54(75)44(4)83-65)60(51(41-70)85-63)86-64-52(66-45(5)71)57(78)56(77)50(40-69)84-64/h43-44,47-61,63-65,69-70,73-80H,7-42H2,1-6H3,(H,66,71)(H,67,72)(H,68,81)/t44-,47+,48-,49-,50-,51-,52-,53-,54+,55+,56+,57-,58+,59-,60-,61-,63-,64+,65-/m1/s1. The SMILES string of the molecule is CCCCCCCCCCCCCCCCCCCCCCCC[C@@H](O)C(=O)N[C@@H](CO[C@@H]1O[C@H](CO)[C@@H](O[C@@H]2O[C@H](CO)[C@H](O)[C@H](O)[C@H]2NC(C)=O)[C@H](O[C@H]2O[C@H](C)[C@H](O)[C@H](O)[C@H]2O)[C@H]1NC(C)=O)[C@H](O)[C@H](O)CCCCCCCCCCC(C)C. The summed E-state index contributed by atoms with van der Waals surface area (Å²) in [6, 6.07) is -4.44. The second-order valence-corrected chi connectivity index (χ2v) is 25.8. The molecule has 0 bridgehead atoms. The number of hydrogen-bond donors (Lipinski definition) is 13. The summed E-state index contributed by atoms with van der Waals surface area (Å²) in [5.41, 5.74) is 0. The number of aliphatic hydroxyl groups excluding tert-OH is 10. The van der Waals surface area contributed by atoms with Gasteiger partial charge in [0.15, 0.2) is 18.9 Å². The molecule has 3 aliphatic heterocycles. The van der Waals surface area contributed by atoms with Crippen LogP contribution in [0, 0.1) is 5.92 Å². The number of carbonyl (C=O) groups excluding carboxylic acids is 3. The van der Waals surface area contributed by atoms with Crippen molar-refractivity contribution in [3.8, 4) is 0 Å². The Morgan fingerprint density at radius 3 is 1.36 bits per heavy atom. The summed E-state index contributed by atoms with van der Waals surface area (Å²) < 4.78 is 36.9. The normalized spacial score (nSPS) is 29.1. The van der Waals surface area contributed by atoms with Crippen molar-refractivity contribution in [3.05, 3.63) is 0 Å². The van der Waals surface area contributed by atoms with E-state index in [1.165, 1.54) is 135 Å². The molecule has 0 spiro atoms. The second kappa shape index (κ2) is 45.9. The number of aliphatic hydroxyl groups is 10. The lowest BCUT2D eigenvalue weighted by Crippen LogP contribution is -2.71. The van der Waals surface area contributed by atoms with Crippen LogP contribution in [0.3, 0.4) is 0 Å². The zero-order chi connectivity index (χ0) is 64.1. The summed E-state index contributed by atoms with van der Waals surface area (Å²) in [5, 5.41) is 118. The Bertz CT molecular complexity index is 1780. The maximum atomic E-state index is 13.8. The molecule has 3 amide bonds. The Morgan fingerprint density at radius 1 is 0.471 bits per heavy atom. The summed E-state index contributed by atoms with van der Waals surface area (Å²) >= 11 is 0. The predicted molar refractivity (Wildman–Crippen MR) is 330 cm³/mol. The highest BCUT2D eigenvalue weighted by Gasteiger charge is 2.55. The van der Waals surface area contributed by atoms with Crippen LogP contribution in [0.5, 0.6) is 0 Å². The highest BCUT2D eigenvalue weighted by molar-refractivity contribution is 5.80. The van der Waals surface area contributed by atoms with Gasteiger partial charge in [-0.2, -0.15) is 0 Å². The van der Waals surface area contributed by atoms with Gasteiger partial charge in [-0.3, -0.25) is 14.4 Å². The van der Waals surface area contributed by atoms with E-state index in [0.29, 0.717) is 18.8 Å². The zero-order valence-electron chi connectivity index (χ0n) is 54.1. The number of unbranched alkanes of at least 4 members (excludes halogenated alkanes) is 28. The third-order valence-electron chi connectivity index (χ3n) is 17.6. The highest BCUT2D eigenvalue weighted by atomic mass is 16.8. The van der Waals surface area contributed by atoms with Gasteiger partial charge in [0.25, 0.3) is 0 Å². The van der Waals surface area contributed by atoms with Gasteiger partial charge < -0.3 is 95.4 Å². The lowest BCUT2D eigenvalue weighted by Gasteiger charge is -2.50. The van der Waals surface area contributed by atoms with Crippen LogP contribution in [-0.2, 0) is 42.8 Å². The molecule has 0 aromatic heterocycles. The zero-order valence-corrected chi connectivity index (χ0v) is 54.1. The van der Waals surface area contributed by atoms with Crippen LogP contribution >= 0.6 is 0 Å². The molecule has 3 rings (SSSR count). The summed E-state index contributed by atoms with van der Waals surface area (Å²) in [5.74, 6) is -1.51. The summed E-state index contributed by atoms with van der Waals surface area (Å²) in [4.78, 5) is 39.4. The van der Waals surface area contributed by atoms with Gasteiger partial charge >= 0.3 is 0 Å². The van der Waals surface area contributed by atoms with Crippen molar-refractivity contribution in [3.63, 3.8) is 0 Å². The largest absolute Gasteiger partial charge is 0.394 e. The molecular formula is C65H123N3O19. The summed E-state index contributed by atoms with van der Waals surface area (Å²) in [6.07, 6.45) is 10.9.